The highest BCUT2D eigenvalue weighted by molar-refractivity contribution is 7.17. The van der Waals surface area contributed by atoms with Gasteiger partial charge in [-0.1, -0.05) is 24.7 Å². The Balaban J connectivity index is 2.08. The Morgan fingerprint density at radius 1 is 1.47 bits per heavy atom. The van der Waals surface area contributed by atoms with E-state index in [4.69, 9.17) is 0 Å². The zero-order chi connectivity index (χ0) is 12.3. The maximum absolute atomic E-state index is 10.8. The molecule has 0 N–H and O–H groups in total. The molecule has 0 bridgehead atoms. The quantitative estimate of drug-likeness (QED) is 0.774. The van der Waals surface area contributed by atoms with Crippen LogP contribution in [0.2, 0.25) is 0 Å². The minimum Gasteiger partial charge on any atom is -0.348 e. The van der Waals surface area contributed by atoms with Crippen molar-refractivity contribution in [3.63, 3.8) is 0 Å². The van der Waals surface area contributed by atoms with Crippen molar-refractivity contribution < 1.29 is 4.79 Å². The summed E-state index contributed by atoms with van der Waals surface area (Å²) in [5, 5.41) is 1.03. The highest BCUT2D eigenvalue weighted by Gasteiger charge is 2.19. The molecule has 0 aliphatic carbocycles. The van der Waals surface area contributed by atoms with Gasteiger partial charge in [0.25, 0.3) is 0 Å². The molecule has 2 heterocycles. The van der Waals surface area contributed by atoms with Gasteiger partial charge in [0.2, 0.25) is 0 Å². The van der Waals surface area contributed by atoms with Gasteiger partial charge in [0, 0.05) is 13.1 Å². The van der Waals surface area contributed by atoms with Crippen molar-refractivity contribution in [3.05, 3.63) is 10.6 Å². The Kier molecular flexibility index (Phi) is 4.15. The maximum Gasteiger partial charge on any atom is 0.186 e. The van der Waals surface area contributed by atoms with E-state index >= 15 is 0 Å². The summed E-state index contributed by atoms with van der Waals surface area (Å²) < 4.78 is 0. The van der Waals surface area contributed by atoms with Gasteiger partial charge in [0.1, 0.15) is 0 Å². The van der Waals surface area contributed by atoms with Gasteiger partial charge < -0.3 is 4.90 Å². The third kappa shape index (κ3) is 2.86. The number of thiazole rings is 1. The number of carbonyl (C=O) groups is 1. The lowest BCUT2D eigenvalue weighted by Crippen LogP contribution is -2.23. The summed E-state index contributed by atoms with van der Waals surface area (Å²) in [7, 11) is 0. The second-order valence-corrected chi connectivity index (χ2v) is 5.77. The molecule has 0 aromatic carbocycles. The van der Waals surface area contributed by atoms with Crippen LogP contribution < -0.4 is 4.90 Å². The molecule has 1 aliphatic rings. The lowest BCUT2D eigenvalue weighted by atomic mass is 9.98. The summed E-state index contributed by atoms with van der Waals surface area (Å²) in [6.45, 7) is 6.36. The molecule has 1 saturated heterocycles. The van der Waals surface area contributed by atoms with Gasteiger partial charge >= 0.3 is 0 Å². The molecule has 2 rings (SSSR count). The maximum atomic E-state index is 10.8. The first-order valence-corrected chi connectivity index (χ1v) is 7.23. The molecule has 17 heavy (non-hydrogen) atoms. The van der Waals surface area contributed by atoms with Gasteiger partial charge in [-0.15, -0.1) is 0 Å². The summed E-state index contributed by atoms with van der Waals surface area (Å²) >= 11 is 1.53. The Morgan fingerprint density at radius 2 is 2.29 bits per heavy atom. The second-order valence-electron chi connectivity index (χ2n) is 4.76. The first kappa shape index (κ1) is 12.6. The monoisotopic (exact) mass is 252 g/mol. The molecule has 1 aromatic rings. The summed E-state index contributed by atoms with van der Waals surface area (Å²) in [6, 6.07) is 0. The molecule has 1 unspecified atom stereocenters. The Morgan fingerprint density at radius 3 is 2.94 bits per heavy atom. The molecular formula is C13H20N2OS. The largest absolute Gasteiger partial charge is 0.348 e. The summed E-state index contributed by atoms with van der Waals surface area (Å²) in [4.78, 5) is 18.5. The van der Waals surface area contributed by atoms with Gasteiger partial charge in [-0.05, 0) is 32.1 Å². The molecular weight excluding hydrogens is 232 g/mol. The highest BCUT2D eigenvalue weighted by atomic mass is 32.1. The fourth-order valence-corrected chi connectivity index (χ4v) is 3.34. The van der Waals surface area contributed by atoms with E-state index in [2.05, 4.69) is 16.8 Å². The molecule has 94 valence electrons. The predicted octanol–water partition coefficient (Wildman–Crippen LogP) is 3.28. The lowest BCUT2D eigenvalue weighted by Gasteiger charge is -2.19. The predicted molar refractivity (Wildman–Crippen MR) is 72.1 cm³/mol. The van der Waals surface area contributed by atoms with Crippen molar-refractivity contribution in [2.45, 2.75) is 39.5 Å². The van der Waals surface area contributed by atoms with Crippen molar-refractivity contribution >= 4 is 22.8 Å². The SMILES string of the molecule is CCC1CCCN(c2nc(C)c(C=O)s2)CC1. The third-order valence-electron chi connectivity index (χ3n) is 3.62. The topological polar surface area (TPSA) is 33.2 Å². The van der Waals surface area contributed by atoms with E-state index in [9.17, 15) is 4.79 Å². The third-order valence-corrected chi connectivity index (χ3v) is 4.77. The van der Waals surface area contributed by atoms with Crippen LogP contribution in [0.3, 0.4) is 0 Å². The summed E-state index contributed by atoms with van der Waals surface area (Å²) in [6.07, 6.45) is 6.03. The van der Waals surface area contributed by atoms with E-state index in [-0.39, 0.29) is 0 Å². The van der Waals surface area contributed by atoms with E-state index in [1.807, 2.05) is 6.92 Å². The molecule has 1 fully saturated rings. The second kappa shape index (κ2) is 5.63. The highest BCUT2D eigenvalue weighted by Crippen LogP contribution is 2.28. The van der Waals surface area contributed by atoms with Crippen molar-refractivity contribution in [2.24, 2.45) is 5.92 Å². The number of hydrogen-bond donors (Lipinski definition) is 0. The van der Waals surface area contributed by atoms with Crippen LogP contribution in [0.4, 0.5) is 5.13 Å². The molecule has 0 amide bonds. The average molecular weight is 252 g/mol. The van der Waals surface area contributed by atoms with Gasteiger partial charge in [0.05, 0.1) is 10.6 Å². The molecule has 0 spiro atoms. The van der Waals surface area contributed by atoms with Crippen LogP contribution >= 0.6 is 11.3 Å². The fraction of sp³-hybridized carbons (Fsp3) is 0.692. The normalized spacial score (nSPS) is 21.3. The number of anilines is 1. The zero-order valence-electron chi connectivity index (χ0n) is 10.6. The van der Waals surface area contributed by atoms with Crippen molar-refractivity contribution in [1.82, 2.24) is 4.98 Å². The first-order chi connectivity index (χ1) is 8.24. The number of nitrogens with zero attached hydrogens (tertiary/aromatic N) is 2. The number of carbonyl (C=O) groups excluding carboxylic acids is 1. The number of hydrogen-bond acceptors (Lipinski definition) is 4. The van der Waals surface area contributed by atoms with Crippen LogP contribution in [-0.2, 0) is 0 Å². The van der Waals surface area contributed by atoms with Gasteiger partial charge in [0.15, 0.2) is 11.4 Å². The minimum absolute atomic E-state index is 0.774. The van der Waals surface area contributed by atoms with Crippen molar-refractivity contribution in [3.8, 4) is 0 Å². The molecule has 0 radical (unpaired) electrons. The van der Waals surface area contributed by atoms with E-state index in [1.54, 1.807) is 0 Å². The van der Waals surface area contributed by atoms with E-state index in [0.717, 1.165) is 41.0 Å². The number of rotatable bonds is 3. The molecule has 1 aromatic heterocycles. The van der Waals surface area contributed by atoms with E-state index in [1.165, 1.54) is 37.0 Å². The first-order valence-electron chi connectivity index (χ1n) is 6.42. The van der Waals surface area contributed by atoms with Gasteiger partial charge in [-0.25, -0.2) is 4.98 Å². The van der Waals surface area contributed by atoms with Gasteiger partial charge in [-0.2, -0.15) is 0 Å². The molecule has 1 aliphatic heterocycles. The number of aldehydes is 1. The fourth-order valence-electron chi connectivity index (χ4n) is 2.40. The molecule has 0 saturated carbocycles. The van der Waals surface area contributed by atoms with E-state index in [0.29, 0.717) is 0 Å². The van der Waals surface area contributed by atoms with Crippen molar-refractivity contribution in [2.75, 3.05) is 18.0 Å². The Bertz CT molecular complexity index is 389. The Labute approximate surface area is 107 Å². The van der Waals surface area contributed by atoms with Crippen LogP contribution in [0.15, 0.2) is 0 Å². The van der Waals surface area contributed by atoms with Crippen molar-refractivity contribution in [1.29, 1.82) is 0 Å². The van der Waals surface area contributed by atoms with Crippen LogP contribution in [0.5, 0.6) is 0 Å². The van der Waals surface area contributed by atoms with Crippen LogP contribution in [0.25, 0.3) is 0 Å². The summed E-state index contributed by atoms with van der Waals surface area (Å²) in [5.41, 5.74) is 0.872. The zero-order valence-corrected chi connectivity index (χ0v) is 11.4. The smallest absolute Gasteiger partial charge is 0.186 e. The molecule has 3 nitrogen and oxygen atoms in total. The minimum atomic E-state index is 0.774. The van der Waals surface area contributed by atoms with Crippen LogP contribution in [0, 0.1) is 12.8 Å². The Hall–Kier alpha value is -0.900. The standard InChI is InChI=1S/C13H20N2OS/c1-3-11-5-4-7-15(8-6-11)13-14-10(2)12(9-16)17-13/h9,11H,3-8H2,1-2H3. The van der Waals surface area contributed by atoms with Crippen LogP contribution in [0.1, 0.15) is 48.0 Å². The number of aromatic nitrogens is 1. The number of aryl methyl sites for hydroxylation is 1. The van der Waals surface area contributed by atoms with Crippen LogP contribution in [-0.4, -0.2) is 24.4 Å². The van der Waals surface area contributed by atoms with Gasteiger partial charge in [-0.3, -0.25) is 4.79 Å². The van der Waals surface area contributed by atoms with E-state index < -0.39 is 0 Å². The lowest BCUT2D eigenvalue weighted by molar-refractivity contribution is 0.112. The summed E-state index contributed by atoms with van der Waals surface area (Å²) in [5.74, 6) is 0.867. The average Bonchev–Trinajstić information content (AvgIpc) is 2.58. The molecule has 1 atom stereocenters. The molecule has 4 heteroatoms.